The van der Waals surface area contributed by atoms with Gasteiger partial charge >= 0.3 is 5.97 Å². The lowest BCUT2D eigenvalue weighted by atomic mass is 10.1. The Kier molecular flexibility index (Phi) is 5.91. The molecule has 0 fully saturated rings. The van der Waals surface area contributed by atoms with E-state index in [1.807, 2.05) is 0 Å². The lowest BCUT2D eigenvalue weighted by Crippen LogP contribution is -2.22. The highest BCUT2D eigenvalue weighted by atomic mass is 16.5. The van der Waals surface area contributed by atoms with E-state index in [4.69, 9.17) is 4.74 Å². The summed E-state index contributed by atoms with van der Waals surface area (Å²) in [6.07, 6.45) is 4.11. The van der Waals surface area contributed by atoms with Crippen molar-refractivity contribution in [1.29, 1.82) is 0 Å². The van der Waals surface area contributed by atoms with Crippen LogP contribution in [0, 0.1) is 0 Å². The van der Waals surface area contributed by atoms with Crippen molar-refractivity contribution in [3.8, 4) is 0 Å². The zero-order chi connectivity index (χ0) is 13.4. The van der Waals surface area contributed by atoms with Gasteiger partial charge in [-0.2, -0.15) is 0 Å². The average molecular weight is 249 g/mol. The Labute approximate surface area is 107 Å². The van der Waals surface area contributed by atoms with Gasteiger partial charge in [-0.05, 0) is 24.1 Å². The molecule has 0 aromatic heterocycles. The van der Waals surface area contributed by atoms with Crippen LogP contribution < -0.4 is 5.11 Å². The third-order valence-electron chi connectivity index (χ3n) is 2.57. The minimum absolute atomic E-state index is 0.0181. The van der Waals surface area contributed by atoms with E-state index < -0.39 is 11.9 Å². The van der Waals surface area contributed by atoms with Crippen molar-refractivity contribution in [2.24, 2.45) is 0 Å². The highest BCUT2D eigenvalue weighted by Gasteiger charge is 2.07. The van der Waals surface area contributed by atoms with Crippen LogP contribution in [0.5, 0.6) is 0 Å². The van der Waals surface area contributed by atoms with Gasteiger partial charge in [-0.1, -0.05) is 38.3 Å². The largest absolute Gasteiger partial charge is 0.545 e. The van der Waals surface area contributed by atoms with Crippen molar-refractivity contribution in [3.05, 3.63) is 35.4 Å². The molecule has 4 nitrogen and oxygen atoms in total. The number of carbonyl (C=O) groups excluding carboxylic acids is 2. The van der Waals surface area contributed by atoms with Crippen LogP contribution in [0.25, 0.3) is 0 Å². The van der Waals surface area contributed by atoms with E-state index >= 15 is 0 Å². The summed E-state index contributed by atoms with van der Waals surface area (Å²) < 4.78 is 5.06. The first-order valence-electron chi connectivity index (χ1n) is 6.13. The predicted octanol–water partition coefficient (Wildman–Crippen LogP) is 1.79. The molecule has 0 unspecified atom stereocenters. The van der Waals surface area contributed by atoms with E-state index in [1.54, 1.807) is 0 Å². The first-order valence-corrected chi connectivity index (χ1v) is 6.13. The second kappa shape index (κ2) is 7.48. The summed E-state index contributed by atoms with van der Waals surface area (Å²) in [6, 6.07) is 5.68. The van der Waals surface area contributed by atoms with Gasteiger partial charge in [0.05, 0.1) is 18.1 Å². The molecule has 0 spiro atoms. The summed E-state index contributed by atoms with van der Waals surface area (Å²) in [5.74, 6) is -1.79. The van der Waals surface area contributed by atoms with Crippen LogP contribution in [0.15, 0.2) is 24.3 Å². The topological polar surface area (TPSA) is 66.4 Å². The van der Waals surface area contributed by atoms with Gasteiger partial charge in [-0.3, -0.25) is 0 Å². The number of carboxylic acid groups (broad SMARTS) is 1. The van der Waals surface area contributed by atoms with Crippen molar-refractivity contribution in [2.75, 3.05) is 6.61 Å². The first kappa shape index (κ1) is 14.2. The van der Waals surface area contributed by atoms with E-state index in [0.29, 0.717) is 6.61 Å². The molecule has 0 radical (unpaired) electrons. The van der Waals surface area contributed by atoms with Crippen LogP contribution in [0.2, 0.25) is 0 Å². The number of unbranched alkanes of at least 4 members (excludes halogenated alkanes) is 3. The second-order valence-electron chi connectivity index (χ2n) is 4.06. The number of benzene rings is 1. The fourth-order valence-corrected chi connectivity index (χ4v) is 1.55. The van der Waals surface area contributed by atoms with Gasteiger partial charge in [0.1, 0.15) is 0 Å². The number of ether oxygens (including phenoxy) is 1. The smallest absolute Gasteiger partial charge is 0.338 e. The van der Waals surface area contributed by atoms with Crippen molar-refractivity contribution < 1.29 is 19.4 Å². The SMILES string of the molecule is CCCCCCOC(=O)c1cccc(C(=O)[O-])c1. The third kappa shape index (κ3) is 4.57. The quantitative estimate of drug-likeness (QED) is 0.545. The van der Waals surface area contributed by atoms with E-state index in [9.17, 15) is 14.7 Å². The number of carbonyl (C=O) groups is 2. The van der Waals surface area contributed by atoms with Crippen molar-refractivity contribution in [3.63, 3.8) is 0 Å². The number of hydrogen-bond acceptors (Lipinski definition) is 4. The third-order valence-corrected chi connectivity index (χ3v) is 2.57. The van der Waals surface area contributed by atoms with E-state index in [0.717, 1.165) is 25.7 Å². The Bertz CT molecular complexity index is 412. The fraction of sp³-hybridized carbons (Fsp3) is 0.429. The van der Waals surface area contributed by atoms with Gasteiger partial charge in [-0.15, -0.1) is 0 Å². The molecule has 18 heavy (non-hydrogen) atoms. The van der Waals surface area contributed by atoms with Crippen LogP contribution in [0.4, 0.5) is 0 Å². The summed E-state index contributed by atoms with van der Waals surface area (Å²) >= 11 is 0. The number of rotatable bonds is 7. The molecule has 0 saturated carbocycles. The van der Waals surface area contributed by atoms with Crippen LogP contribution >= 0.6 is 0 Å². The van der Waals surface area contributed by atoms with Gasteiger partial charge in [0, 0.05) is 0 Å². The molecule has 0 amide bonds. The predicted molar refractivity (Wildman–Crippen MR) is 65.2 cm³/mol. The van der Waals surface area contributed by atoms with Crippen LogP contribution in [-0.2, 0) is 4.74 Å². The maximum atomic E-state index is 11.6. The average Bonchev–Trinajstić information content (AvgIpc) is 2.38. The molecule has 0 saturated heterocycles. The standard InChI is InChI=1S/C14H18O4/c1-2-3-4-5-9-18-14(17)12-8-6-7-11(10-12)13(15)16/h6-8,10H,2-5,9H2,1H3,(H,15,16)/p-1. The Balaban J connectivity index is 2.46. The minimum atomic E-state index is -1.30. The highest BCUT2D eigenvalue weighted by molar-refractivity contribution is 5.93. The maximum Gasteiger partial charge on any atom is 0.338 e. The van der Waals surface area contributed by atoms with E-state index in [1.165, 1.54) is 24.3 Å². The molecule has 0 atom stereocenters. The maximum absolute atomic E-state index is 11.6. The van der Waals surface area contributed by atoms with Gasteiger partial charge in [0.2, 0.25) is 0 Å². The summed E-state index contributed by atoms with van der Waals surface area (Å²) in [5.41, 5.74) is 0.225. The second-order valence-corrected chi connectivity index (χ2v) is 4.06. The fourth-order valence-electron chi connectivity index (χ4n) is 1.55. The normalized spacial score (nSPS) is 10.1. The van der Waals surface area contributed by atoms with E-state index in [-0.39, 0.29) is 11.1 Å². The van der Waals surface area contributed by atoms with Crippen molar-refractivity contribution in [2.45, 2.75) is 32.6 Å². The van der Waals surface area contributed by atoms with Crippen LogP contribution in [0.3, 0.4) is 0 Å². The zero-order valence-electron chi connectivity index (χ0n) is 10.5. The summed E-state index contributed by atoms with van der Waals surface area (Å²) in [6.45, 7) is 2.48. The van der Waals surface area contributed by atoms with Gasteiger partial charge < -0.3 is 14.6 Å². The van der Waals surface area contributed by atoms with E-state index in [2.05, 4.69) is 6.92 Å². The van der Waals surface area contributed by atoms with Gasteiger partial charge in [0.15, 0.2) is 0 Å². The summed E-state index contributed by atoms with van der Waals surface area (Å²) in [7, 11) is 0. The minimum Gasteiger partial charge on any atom is -0.545 e. The number of aromatic carboxylic acids is 1. The molecule has 1 aromatic rings. The highest BCUT2D eigenvalue weighted by Crippen LogP contribution is 2.07. The molecule has 1 rings (SSSR count). The number of esters is 1. The molecule has 4 heteroatoms. The van der Waals surface area contributed by atoms with Crippen LogP contribution in [-0.4, -0.2) is 18.5 Å². The summed E-state index contributed by atoms with van der Waals surface area (Å²) in [5, 5.41) is 10.6. The molecule has 1 aromatic carbocycles. The Morgan fingerprint density at radius 2 is 1.89 bits per heavy atom. The summed E-state index contributed by atoms with van der Waals surface area (Å²) in [4.78, 5) is 22.3. The molecular formula is C14H17O4-. The molecular weight excluding hydrogens is 232 g/mol. The lowest BCUT2D eigenvalue weighted by molar-refractivity contribution is -0.255. The van der Waals surface area contributed by atoms with Gasteiger partial charge in [0.25, 0.3) is 0 Å². The number of carboxylic acids is 1. The Hall–Kier alpha value is -1.84. The van der Waals surface area contributed by atoms with Gasteiger partial charge in [-0.25, -0.2) is 4.79 Å². The molecule has 0 aliphatic rings. The Morgan fingerprint density at radius 1 is 1.17 bits per heavy atom. The first-order chi connectivity index (χ1) is 8.65. The molecule has 0 aliphatic carbocycles. The molecule has 0 aliphatic heterocycles. The molecule has 0 heterocycles. The Morgan fingerprint density at radius 3 is 2.56 bits per heavy atom. The van der Waals surface area contributed by atoms with Crippen LogP contribution in [0.1, 0.15) is 53.3 Å². The molecule has 98 valence electrons. The molecule has 0 N–H and O–H groups in total. The number of hydrogen-bond donors (Lipinski definition) is 0. The monoisotopic (exact) mass is 249 g/mol. The zero-order valence-corrected chi connectivity index (χ0v) is 10.5. The lowest BCUT2D eigenvalue weighted by Gasteiger charge is -2.07. The van der Waals surface area contributed by atoms with Crippen molar-refractivity contribution >= 4 is 11.9 Å². The molecule has 0 bridgehead atoms. The van der Waals surface area contributed by atoms with Crippen molar-refractivity contribution in [1.82, 2.24) is 0 Å².